The lowest BCUT2D eigenvalue weighted by Gasteiger charge is -2.08. The van der Waals surface area contributed by atoms with Gasteiger partial charge in [0.15, 0.2) is 0 Å². The molecule has 0 fully saturated rings. The Balaban J connectivity index is 2.05. The number of carbonyl (C=O) groups excluding carboxylic acids is 2. The topological polar surface area (TPSA) is 98.1 Å². The van der Waals surface area contributed by atoms with Crippen molar-refractivity contribution in [2.24, 2.45) is 0 Å². The van der Waals surface area contributed by atoms with Gasteiger partial charge in [-0.25, -0.2) is 4.68 Å². The van der Waals surface area contributed by atoms with Crippen molar-refractivity contribution >= 4 is 17.5 Å². The normalized spacial score (nSPS) is 10.1. The molecule has 2 amide bonds. The molecular weight excluding hydrogens is 262 g/mol. The minimum atomic E-state index is -0.340. The lowest BCUT2D eigenvalue weighted by Crippen LogP contribution is -2.22. The molecule has 0 atom stereocenters. The summed E-state index contributed by atoms with van der Waals surface area (Å²) in [5.41, 5.74) is 3.47. The first-order valence-corrected chi connectivity index (χ1v) is 5.74. The molecule has 0 aliphatic carbocycles. The third-order valence-corrected chi connectivity index (χ3v) is 2.33. The summed E-state index contributed by atoms with van der Waals surface area (Å²) in [6.07, 6.45) is 2.73. The minimum absolute atomic E-state index is 0.0445. The molecule has 0 saturated carbocycles. The standard InChI is InChI=1S/C12H13N5O3/c1-20-6-11(18)15-10-4-2-3-9(5-10)12(19)16-17-7-13-14-8-17/h2-5,7-8H,6H2,1H3,(H,15,18)(H,16,19). The van der Waals surface area contributed by atoms with Gasteiger partial charge in [0.2, 0.25) is 5.91 Å². The molecule has 1 aromatic carbocycles. The van der Waals surface area contributed by atoms with Crippen LogP contribution in [0.2, 0.25) is 0 Å². The van der Waals surface area contributed by atoms with E-state index in [1.807, 2.05) is 0 Å². The van der Waals surface area contributed by atoms with Crippen LogP contribution >= 0.6 is 0 Å². The van der Waals surface area contributed by atoms with Crippen LogP contribution in [0.5, 0.6) is 0 Å². The van der Waals surface area contributed by atoms with E-state index in [1.54, 1.807) is 24.3 Å². The van der Waals surface area contributed by atoms with Crippen molar-refractivity contribution < 1.29 is 14.3 Å². The number of anilines is 1. The van der Waals surface area contributed by atoms with Gasteiger partial charge in [-0.1, -0.05) is 6.07 Å². The highest BCUT2D eigenvalue weighted by Crippen LogP contribution is 2.10. The molecule has 0 saturated heterocycles. The summed E-state index contributed by atoms with van der Waals surface area (Å²) in [6, 6.07) is 6.55. The first-order chi connectivity index (χ1) is 9.69. The SMILES string of the molecule is COCC(=O)Nc1cccc(C(=O)Nn2cnnc2)c1. The zero-order valence-electron chi connectivity index (χ0n) is 10.7. The van der Waals surface area contributed by atoms with E-state index in [2.05, 4.69) is 20.9 Å². The van der Waals surface area contributed by atoms with Crippen LogP contribution in [0.4, 0.5) is 5.69 Å². The summed E-state index contributed by atoms with van der Waals surface area (Å²) in [7, 11) is 1.43. The second kappa shape index (κ2) is 6.43. The van der Waals surface area contributed by atoms with Gasteiger partial charge in [-0.3, -0.25) is 15.0 Å². The zero-order valence-corrected chi connectivity index (χ0v) is 10.7. The number of aromatic nitrogens is 3. The molecule has 2 rings (SSSR count). The van der Waals surface area contributed by atoms with Crippen molar-refractivity contribution in [3.63, 3.8) is 0 Å². The number of carbonyl (C=O) groups is 2. The van der Waals surface area contributed by atoms with E-state index in [0.29, 0.717) is 11.3 Å². The Morgan fingerprint density at radius 1 is 1.30 bits per heavy atom. The molecule has 1 aromatic heterocycles. The van der Waals surface area contributed by atoms with Crippen molar-refractivity contribution in [3.05, 3.63) is 42.5 Å². The van der Waals surface area contributed by atoms with Crippen LogP contribution in [0.1, 0.15) is 10.4 Å². The maximum absolute atomic E-state index is 12.0. The number of ether oxygens (including phenoxy) is 1. The first kappa shape index (κ1) is 13.7. The van der Waals surface area contributed by atoms with E-state index in [-0.39, 0.29) is 18.4 Å². The molecule has 0 spiro atoms. The maximum Gasteiger partial charge on any atom is 0.270 e. The van der Waals surface area contributed by atoms with E-state index >= 15 is 0 Å². The molecule has 0 aliphatic rings. The Bertz CT molecular complexity index is 597. The monoisotopic (exact) mass is 275 g/mol. The molecule has 1 heterocycles. The number of nitrogens with zero attached hydrogens (tertiary/aromatic N) is 3. The van der Waals surface area contributed by atoms with Gasteiger partial charge in [-0.05, 0) is 18.2 Å². The van der Waals surface area contributed by atoms with E-state index in [1.165, 1.54) is 24.4 Å². The van der Waals surface area contributed by atoms with Crippen molar-refractivity contribution in [1.29, 1.82) is 0 Å². The highest BCUT2D eigenvalue weighted by Gasteiger charge is 2.08. The van der Waals surface area contributed by atoms with Gasteiger partial charge in [0.25, 0.3) is 5.91 Å². The Morgan fingerprint density at radius 3 is 2.75 bits per heavy atom. The number of benzene rings is 1. The Morgan fingerprint density at radius 2 is 2.05 bits per heavy atom. The predicted octanol–water partition coefficient (Wildman–Crippen LogP) is 0.247. The van der Waals surface area contributed by atoms with Crippen LogP contribution in [-0.2, 0) is 9.53 Å². The Hall–Kier alpha value is -2.74. The molecule has 0 aliphatic heterocycles. The van der Waals surface area contributed by atoms with Gasteiger partial charge >= 0.3 is 0 Å². The second-order valence-electron chi connectivity index (χ2n) is 3.87. The molecule has 2 N–H and O–H groups in total. The van der Waals surface area contributed by atoms with Crippen LogP contribution < -0.4 is 10.7 Å². The molecule has 0 bridgehead atoms. The molecule has 20 heavy (non-hydrogen) atoms. The highest BCUT2D eigenvalue weighted by molar-refractivity contribution is 6.01. The molecule has 104 valence electrons. The van der Waals surface area contributed by atoms with Gasteiger partial charge in [0, 0.05) is 18.4 Å². The predicted molar refractivity (Wildman–Crippen MR) is 70.7 cm³/mol. The Kier molecular flexibility index (Phi) is 4.40. The van der Waals surface area contributed by atoms with Gasteiger partial charge in [-0.2, -0.15) is 0 Å². The molecule has 8 nitrogen and oxygen atoms in total. The van der Waals surface area contributed by atoms with Gasteiger partial charge < -0.3 is 10.1 Å². The first-order valence-electron chi connectivity index (χ1n) is 5.74. The number of rotatable bonds is 5. The van der Waals surface area contributed by atoms with Crippen LogP contribution in [0, 0.1) is 0 Å². The quantitative estimate of drug-likeness (QED) is 0.815. The van der Waals surface area contributed by atoms with Crippen LogP contribution in [0.15, 0.2) is 36.9 Å². The largest absolute Gasteiger partial charge is 0.375 e. The summed E-state index contributed by atoms with van der Waals surface area (Å²) >= 11 is 0. The average molecular weight is 275 g/mol. The summed E-state index contributed by atoms with van der Waals surface area (Å²) < 4.78 is 6.05. The summed E-state index contributed by atoms with van der Waals surface area (Å²) in [5, 5.41) is 9.77. The van der Waals surface area contributed by atoms with Crippen LogP contribution in [0.3, 0.4) is 0 Å². The van der Waals surface area contributed by atoms with Gasteiger partial charge in [-0.15, -0.1) is 10.2 Å². The third kappa shape index (κ3) is 3.62. The summed E-state index contributed by atoms with van der Waals surface area (Å²) in [5.74, 6) is -0.628. The smallest absolute Gasteiger partial charge is 0.270 e. The van der Waals surface area contributed by atoms with Crippen molar-refractivity contribution in [2.75, 3.05) is 24.5 Å². The van der Waals surface area contributed by atoms with Crippen LogP contribution in [0.25, 0.3) is 0 Å². The highest BCUT2D eigenvalue weighted by atomic mass is 16.5. The minimum Gasteiger partial charge on any atom is -0.375 e. The number of amides is 2. The lowest BCUT2D eigenvalue weighted by molar-refractivity contribution is -0.119. The lowest BCUT2D eigenvalue weighted by atomic mass is 10.2. The Labute approximate surface area is 114 Å². The van der Waals surface area contributed by atoms with E-state index in [0.717, 1.165) is 0 Å². The van der Waals surface area contributed by atoms with Crippen molar-refractivity contribution in [3.8, 4) is 0 Å². The summed E-state index contributed by atoms with van der Waals surface area (Å²) in [4.78, 5) is 23.3. The average Bonchev–Trinajstić information content (AvgIpc) is 2.92. The van der Waals surface area contributed by atoms with Gasteiger partial charge in [0.1, 0.15) is 19.3 Å². The summed E-state index contributed by atoms with van der Waals surface area (Å²) in [6.45, 7) is -0.0445. The van der Waals surface area contributed by atoms with E-state index in [9.17, 15) is 9.59 Å². The molecular formula is C12H13N5O3. The fraction of sp³-hybridized carbons (Fsp3) is 0.167. The number of methoxy groups -OCH3 is 1. The van der Waals surface area contributed by atoms with Crippen molar-refractivity contribution in [2.45, 2.75) is 0 Å². The number of hydrogen-bond acceptors (Lipinski definition) is 5. The number of hydrogen-bond donors (Lipinski definition) is 2. The second-order valence-corrected chi connectivity index (χ2v) is 3.87. The molecule has 0 unspecified atom stereocenters. The fourth-order valence-electron chi connectivity index (χ4n) is 1.51. The van der Waals surface area contributed by atoms with E-state index < -0.39 is 0 Å². The van der Waals surface area contributed by atoms with Gasteiger partial charge in [0.05, 0.1) is 0 Å². The fourth-order valence-corrected chi connectivity index (χ4v) is 1.51. The third-order valence-electron chi connectivity index (χ3n) is 2.33. The molecule has 2 aromatic rings. The van der Waals surface area contributed by atoms with E-state index in [4.69, 9.17) is 4.74 Å². The van der Waals surface area contributed by atoms with Crippen LogP contribution in [-0.4, -0.2) is 40.4 Å². The number of nitrogens with one attached hydrogen (secondary N) is 2. The molecule has 8 heteroatoms. The van der Waals surface area contributed by atoms with Crippen molar-refractivity contribution in [1.82, 2.24) is 14.9 Å². The maximum atomic E-state index is 12.0. The zero-order chi connectivity index (χ0) is 14.4. The molecule has 0 radical (unpaired) electrons.